The van der Waals surface area contributed by atoms with Crippen molar-refractivity contribution in [1.29, 1.82) is 0 Å². The molecule has 3 aromatic carbocycles. The minimum absolute atomic E-state index is 0.0744. The maximum absolute atomic E-state index is 13.6. The van der Waals surface area contributed by atoms with E-state index in [0.717, 1.165) is 42.5 Å². The van der Waals surface area contributed by atoms with E-state index >= 15 is 0 Å². The molecule has 0 radical (unpaired) electrons. The van der Waals surface area contributed by atoms with E-state index in [-0.39, 0.29) is 22.5 Å². The van der Waals surface area contributed by atoms with Crippen LogP contribution in [0.5, 0.6) is 5.75 Å². The van der Waals surface area contributed by atoms with E-state index in [1.165, 1.54) is 12.1 Å². The smallest absolute Gasteiger partial charge is 0.406 e. The van der Waals surface area contributed by atoms with Gasteiger partial charge in [-0.3, -0.25) is 9.59 Å². The molecule has 5 nitrogen and oxygen atoms in total. The first-order chi connectivity index (χ1) is 16.0. The monoisotopic (exact) mass is 540 g/mol. The van der Waals surface area contributed by atoms with Crippen LogP contribution in [0, 0.1) is 11.6 Å². The lowest BCUT2D eigenvalue weighted by molar-refractivity contribution is -0.274. The van der Waals surface area contributed by atoms with Crippen LogP contribution in [0.3, 0.4) is 0 Å². The second-order valence-corrected chi connectivity index (χ2v) is 7.55. The van der Waals surface area contributed by atoms with E-state index in [4.69, 9.17) is 0 Å². The van der Waals surface area contributed by atoms with Gasteiger partial charge >= 0.3 is 6.36 Å². The molecule has 3 rings (SSSR count). The zero-order valence-corrected chi connectivity index (χ0v) is 18.5. The molecule has 0 spiro atoms. The predicted octanol–water partition coefficient (Wildman–Crippen LogP) is 6.04. The fourth-order valence-electron chi connectivity index (χ4n) is 2.70. The molecule has 3 aromatic rings. The average Bonchev–Trinajstić information content (AvgIpc) is 2.76. The van der Waals surface area contributed by atoms with E-state index in [0.29, 0.717) is 4.47 Å². The summed E-state index contributed by atoms with van der Waals surface area (Å²) in [5.41, 5.74) is 0.0266. The van der Waals surface area contributed by atoms with E-state index in [1.807, 2.05) is 0 Å². The van der Waals surface area contributed by atoms with Crippen molar-refractivity contribution in [2.75, 3.05) is 5.32 Å². The molecular weight excluding hydrogens is 527 g/mol. The molecular formula is C23H14BrF5N2O3. The van der Waals surface area contributed by atoms with Crippen molar-refractivity contribution in [2.45, 2.75) is 6.36 Å². The molecule has 0 aromatic heterocycles. The van der Waals surface area contributed by atoms with Crippen molar-refractivity contribution in [1.82, 2.24) is 5.32 Å². The molecule has 0 aliphatic heterocycles. The number of hydrogen-bond acceptors (Lipinski definition) is 3. The minimum atomic E-state index is -4.87. The van der Waals surface area contributed by atoms with Crippen LogP contribution in [0.1, 0.15) is 15.9 Å². The molecule has 11 heteroatoms. The summed E-state index contributed by atoms with van der Waals surface area (Å²) in [6, 6.07) is 13.5. The summed E-state index contributed by atoms with van der Waals surface area (Å²) in [6.07, 6.45) is -3.76. The van der Waals surface area contributed by atoms with Crippen molar-refractivity contribution in [3.8, 4) is 5.75 Å². The van der Waals surface area contributed by atoms with Gasteiger partial charge in [0.25, 0.3) is 11.8 Å². The van der Waals surface area contributed by atoms with Crippen molar-refractivity contribution < 1.29 is 36.3 Å². The van der Waals surface area contributed by atoms with E-state index < -0.39 is 35.6 Å². The van der Waals surface area contributed by atoms with Crippen LogP contribution < -0.4 is 15.4 Å². The van der Waals surface area contributed by atoms with Gasteiger partial charge in [-0.15, -0.1) is 13.2 Å². The van der Waals surface area contributed by atoms with Crippen LogP contribution in [0.2, 0.25) is 0 Å². The van der Waals surface area contributed by atoms with Gasteiger partial charge in [0.05, 0.1) is 5.56 Å². The standard InChI is InChI=1S/C23H14BrF5N2O3/c24-17-4-2-1-3-16(17)21(32)31-20(12-13-5-10-18(25)19(26)11-13)22(33)30-14-6-8-15(9-7-14)34-23(27,28)29/h1-12H,(H,30,33)(H,31,32). The molecule has 176 valence electrons. The highest BCUT2D eigenvalue weighted by Crippen LogP contribution is 2.24. The summed E-state index contributed by atoms with van der Waals surface area (Å²) in [5.74, 6) is -4.29. The van der Waals surface area contributed by atoms with Crippen LogP contribution in [0.4, 0.5) is 27.6 Å². The highest BCUT2D eigenvalue weighted by molar-refractivity contribution is 9.10. The normalized spacial score (nSPS) is 11.6. The molecule has 0 heterocycles. The van der Waals surface area contributed by atoms with Crippen LogP contribution in [0.15, 0.2) is 76.9 Å². The zero-order chi connectivity index (χ0) is 24.9. The van der Waals surface area contributed by atoms with Crippen LogP contribution in [-0.4, -0.2) is 18.2 Å². The van der Waals surface area contributed by atoms with Gasteiger partial charge in [0.1, 0.15) is 11.4 Å². The van der Waals surface area contributed by atoms with Gasteiger partial charge in [0, 0.05) is 10.2 Å². The Balaban J connectivity index is 1.87. The number of alkyl halides is 3. The highest BCUT2D eigenvalue weighted by Gasteiger charge is 2.31. The Morgan fingerprint density at radius 3 is 2.21 bits per heavy atom. The average molecular weight is 541 g/mol. The first kappa shape index (κ1) is 24.9. The van der Waals surface area contributed by atoms with Gasteiger partial charge in [0.15, 0.2) is 11.6 Å². The van der Waals surface area contributed by atoms with Gasteiger partial charge in [-0.2, -0.15) is 0 Å². The maximum Gasteiger partial charge on any atom is 0.573 e. The van der Waals surface area contributed by atoms with Crippen molar-refractivity contribution in [3.05, 3.63) is 99.7 Å². The molecule has 0 atom stereocenters. The van der Waals surface area contributed by atoms with Crippen LogP contribution in [0.25, 0.3) is 6.08 Å². The summed E-state index contributed by atoms with van der Waals surface area (Å²) in [5, 5.41) is 4.82. The maximum atomic E-state index is 13.6. The molecule has 0 unspecified atom stereocenters. The summed E-state index contributed by atoms with van der Waals surface area (Å²) in [7, 11) is 0. The molecule has 0 saturated heterocycles. The molecule has 34 heavy (non-hydrogen) atoms. The van der Waals surface area contributed by atoms with Crippen LogP contribution in [-0.2, 0) is 4.79 Å². The third kappa shape index (κ3) is 6.88. The topological polar surface area (TPSA) is 67.4 Å². The van der Waals surface area contributed by atoms with E-state index in [2.05, 4.69) is 31.3 Å². The van der Waals surface area contributed by atoms with Crippen LogP contribution >= 0.6 is 15.9 Å². The Morgan fingerprint density at radius 1 is 0.912 bits per heavy atom. The first-order valence-electron chi connectivity index (χ1n) is 9.41. The minimum Gasteiger partial charge on any atom is -0.406 e. The second-order valence-electron chi connectivity index (χ2n) is 6.69. The number of rotatable bonds is 6. The lowest BCUT2D eigenvalue weighted by Gasteiger charge is -2.13. The molecule has 0 saturated carbocycles. The van der Waals surface area contributed by atoms with Gasteiger partial charge in [-0.1, -0.05) is 18.2 Å². The van der Waals surface area contributed by atoms with Crippen molar-refractivity contribution >= 4 is 39.5 Å². The molecule has 0 fully saturated rings. The zero-order valence-electron chi connectivity index (χ0n) is 16.9. The quantitative estimate of drug-likeness (QED) is 0.296. The Labute approximate surface area is 198 Å². The molecule has 0 aliphatic carbocycles. The van der Waals surface area contributed by atoms with E-state index in [1.54, 1.807) is 18.2 Å². The van der Waals surface area contributed by atoms with Gasteiger partial charge in [0.2, 0.25) is 0 Å². The highest BCUT2D eigenvalue weighted by atomic mass is 79.9. The van der Waals surface area contributed by atoms with Gasteiger partial charge in [-0.05, 0) is 76.1 Å². The fourth-order valence-corrected chi connectivity index (χ4v) is 3.17. The summed E-state index contributed by atoms with van der Waals surface area (Å²) in [6.45, 7) is 0. The summed E-state index contributed by atoms with van der Waals surface area (Å²) < 4.78 is 68.0. The molecule has 0 aliphatic rings. The number of ether oxygens (including phenoxy) is 1. The second kappa shape index (κ2) is 10.5. The lowest BCUT2D eigenvalue weighted by Crippen LogP contribution is -2.31. The largest absolute Gasteiger partial charge is 0.573 e. The summed E-state index contributed by atoms with van der Waals surface area (Å²) >= 11 is 3.23. The number of carbonyl (C=O) groups excluding carboxylic acids is 2. The Bertz CT molecular complexity index is 1240. The third-order valence-corrected chi connectivity index (χ3v) is 4.90. The fraction of sp³-hybridized carbons (Fsp3) is 0.0435. The Morgan fingerprint density at radius 2 is 1.59 bits per heavy atom. The number of halogens is 6. The van der Waals surface area contributed by atoms with Gasteiger partial charge in [-0.25, -0.2) is 8.78 Å². The lowest BCUT2D eigenvalue weighted by atomic mass is 10.1. The molecule has 2 amide bonds. The third-order valence-electron chi connectivity index (χ3n) is 4.21. The Hall–Kier alpha value is -3.73. The SMILES string of the molecule is O=C(Nc1ccc(OC(F)(F)F)cc1)C(=Cc1ccc(F)c(F)c1)NC(=O)c1ccccc1Br. The molecule has 0 bridgehead atoms. The first-order valence-corrected chi connectivity index (χ1v) is 10.2. The predicted molar refractivity (Wildman–Crippen MR) is 118 cm³/mol. The number of hydrogen-bond donors (Lipinski definition) is 2. The number of nitrogens with one attached hydrogen (secondary N) is 2. The number of carbonyl (C=O) groups is 2. The van der Waals surface area contributed by atoms with E-state index in [9.17, 15) is 31.5 Å². The number of benzene rings is 3. The molecule has 2 N–H and O–H groups in total. The van der Waals surface area contributed by atoms with Crippen molar-refractivity contribution in [3.63, 3.8) is 0 Å². The van der Waals surface area contributed by atoms with Gasteiger partial charge < -0.3 is 15.4 Å². The van der Waals surface area contributed by atoms with Crippen molar-refractivity contribution in [2.24, 2.45) is 0 Å². The number of amides is 2. The number of anilines is 1. The Kier molecular flexibility index (Phi) is 7.67. The summed E-state index contributed by atoms with van der Waals surface area (Å²) in [4.78, 5) is 25.6.